The molecule has 3 aromatic rings. The van der Waals surface area contributed by atoms with Crippen LogP contribution in [0.2, 0.25) is 0 Å². The zero-order chi connectivity index (χ0) is 14.7. The Morgan fingerprint density at radius 1 is 1.05 bits per heavy atom. The van der Waals surface area contributed by atoms with Crippen LogP contribution in [0.25, 0.3) is 10.9 Å². The first-order valence-electron chi connectivity index (χ1n) is 6.79. The number of rotatable bonds is 3. The summed E-state index contributed by atoms with van der Waals surface area (Å²) >= 11 is 0. The van der Waals surface area contributed by atoms with Crippen molar-refractivity contribution >= 4 is 10.9 Å². The summed E-state index contributed by atoms with van der Waals surface area (Å²) in [6.07, 6.45) is 1.43. The van der Waals surface area contributed by atoms with E-state index in [9.17, 15) is 5.26 Å². The highest BCUT2D eigenvalue weighted by Gasteiger charge is 2.14. The van der Waals surface area contributed by atoms with Gasteiger partial charge in [-0.1, -0.05) is 42.5 Å². The van der Waals surface area contributed by atoms with Gasteiger partial charge in [-0.25, -0.2) is 0 Å². The van der Waals surface area contributed by atoms with Crippen molar-refractivity contribution in [2.45, 2.75) is 13.0 Å². The Morgan fingerprint density at radius 3 is 2.52 bits per heavy atom. The zero-order valence-electron chi connectivity index (χ0n) is 11.7. The third-order valence-corrected chi connectivity index (χ3v) is 3.41. The second-order valence-corrected chi connectivity index (χ2v) is 4.80. The van der Waals surface area contributed by atoms with Gasteiger partial charge in [-0.15, -0.1) is 0 Å². The minimum Gasteiger partial charge on any atom is -0.484 e. The molecule has 0 saturated carbocycles. The maximum Gasteiger partial charge on any atom is 0.148 e. The third-order valence-electron chi connectivity index (χ3n) is 3.41. The molecule has 1 atom stereocenters. The van der Waals surface area contributed by atoms with Crippen molar-refractivity contribution in [3.63, 3.8) is 0 Å². The molecular formula is C18H14N2O. The number of para-hydroxylation sites is 1. The van der Waals surface area contributed by atoms with Gasteiger partial charge in [0.2, 0.25) is 0 Å². The second kappa shape index (κ2) is 5.64. The summed E-state index contributed by atoms with van der Waals surface area (Å²) in [5, 5.41) is 10.2. The molecular weight excluding hydrogens is 260 g/mol. The Morgan fingerprint density at radius 2 is 1.76 bits per heavy atom. The van der Waals surface area contributed by atoms with Gasteiger partial charge in [-0.05, 0) is 24.6 Å². The van der Waals surface area contributed by atoms with E-state index in [4.69, 9.17) is 4.74 Å². The summed E-state index contributed by atoms with van der Waals surface area (Å²) in [4.78, 5) is 4.29. The third kappa shape index (κ3) is 2.56. The van der Waals surface area contributed by atoms with E-state index in [0.717, 1.165) is 16.5 Å². The monoisotopic (exact) mass is 274 g/mol. The number of pyridine rings is 1. The fourth-order valence-electron chi connectivity index (χ4n) is 2.29. The molecule has 0 radical (unpaired) electrons. The highest BCUT2D eigenvalue weighted by Crippen LogP contribution is 2.31. The Labute approximate surface area is 123 Å². The number of fused-ring (bicyclic) bond motifs is 1. The summed E-state index contributed by atoms with van der Waals surface area (Å²) in [7, 11) is 0. The van der Waals surface area contributed by atoms with Gasteiger partial charge in [-0.3, -0.25) is 4.98 Å². The number of nitriles is 1. The molecule has 0 spiro atoms. The Balaban J connectivity index is 2.05. The molecule has 0 aliphatic carbocycles. The van der Waals surface area contributed by atoms with Crippen LogP contribution in [0.15, 0.2) is 60.8 Å². The maximum absolute atomic E-state index is 9.29. The summed E-state index contributed by atoms with van der Waals surface area (Å²) < 4.78 is 6.07. The van der Waals surface area contributed by atoms with Crippen LogP contribution in [0.1, 0.15) is 24.2 Å². The highest BCUT2D eigenvalue weighted by molar-refractivity contribution is 5.87. The minimum absolute atomic E-state index is 0.135. The predicted octanol–water partition coefficient (Wildman–Crippen LogP) is 4.25. The van der Waals surface area contributed by atoms with Crippen molar-refractivity contribution in [3.05, 3.63) is 71.9 Å². The molecule has 3 nitrogen and oxygen atoms in total. The Kier molecular flexibility index (Phi) is 3.53. The molecule has 3 rings (SSSR count). The Bertz CT molecular complexity index is 806. The van der Waals surface area contributed by atoms with Crippen LogP contribution in [0.4, 0.5) is 0 Å². The molecule has 1 aromatic heterocycles. The summed E-state index contributed by atoms with van der Waals surface area (Å²) in [5.41, 5.74) is 2.35. The van der Waals surface area contributed by atoms with Crippen LogP contribution in [0, 0.1) is 11.3 Å². The van der Waals surface area contributed by atoms with E-state index >= 15 is 0 Å². The topological polar surface area (TPSA) is 45.9 Å². The van der Waals surface area contributed by atoms with Gasteiger partial charge in [0.25, 0.3) is 0 Å². The van der Waals surface area contributed by atoms with E-state index in [2.05, 4.69) is 11.1 Å². The van der Waals surface area contributed by atoms with Crippen LogP contribution in [0.5, 0.6) is 5.75 Å². The lowest BCUT2D eigenvalue weighted by atomic mass is 10.1. The predicted molar refractivity (Wildman–Crippen MR) is 81.9 cm³/mol. The van der Waals surface area contributed by atoms with Crippen molar-refractivity contribution in [2.75, 3.05) is 0 Å². The maximum atomic E-state index is 9.29. The van der Waals surface area contributed by atoms with Gasteiger partial charge in [0.05, 0.1) is 5.52 Å². The smallest absolute Gasteiger partial charge is 0.148 e. The number of nitrogens with zero attached hydrogens (tertiary/aromatic N) is 2. The number of ether oxygens (including phenoxy) is 1. The van der Waals surface area contributed by atoms with Gasteiger partial charge in [-0.2, -0.15) is 5.26 Å². The summed E-state index contributed by atoms with van der Waals surface area (Å²) in [6.45, 7) is 1.98. The van der Waals surface area contributed by atoms with Crippen molar-refractivity contribution < 1.29 is 4.74 Å². The number of aromatic nitrogens is 1. The van der Waals surface area contributed by atoms with Crippen molar-refractivity contribution in [2.24, 2.45) is 0 Å². The normalized spacial score (nSPS) is 11.8. The molecule has 1 unspecified atom stereocenters. The molecule has 1 heterocycles. The Hall–Kier alpha value is -2.86. The SMILES string of the molecule is CC(Oc1c(C#N)cnc2ccccc12)c1ccccc1. The van der Waals surface area contributed by atoms with Gasteiger partial charge in [0.15, 0.2) is 0 Å². The van der Waals surface area contributed by atoms with Gasteiger partial charge < -0.3 is 4.74 Å². The molecule has 0 bridgehead atoms. The number of hydrogen-bond acceptors (Lipinski definition) is 3. The van der Waals surface area contributed by atoms with Crippen molar-refractivity contribution in [1.29, 1.82) is 5.26 Å². The molecule has 0 aliphatic heterocycles. The van der Waals surface area contributed by atoms with Crippen LogP contribution < -0.4 is 4.74 Å². The van der Waals surface area contributed by atoms with E-state index in [-0.39, 0.29) is 6.10 Å². The van der Waals surface area contributed by atoms with E-state index in [1.807, 2.05) is 61.5 Å². The lowest BCUT2D eigenvalue weighted by Gasteiger charge is -2.17. The van der Waals surface area contributed by atoms with Gasteiger partial charge in [0.1, 0.15) is 23.5 Å². The van der Waals surface area contributed by atoms with Crippen LogP contribution in [-0.2, 0) is 0 Å². The summed E-state index contributed by atoms with van der Waals surface area (Å²) in [5.74, 6) is 0.597. The minimum atomic E-state index is -0.135. The van der Waals surface area contributed by atoms with Crippen LogP contribution in [0.3, 0.4) is 0 Å². The van der Waals surface area contributed by atoms with Crippen LogP contribution >= 0.6 is 0 Å². The summed E-state index contributed by atoms with van der Waals surface area (Å²) in [6, 6.07) is 19.8. The molecule has 0 aliphatic rings. The fraction of sp³-hybridized carbons (Fsp3) is 0.111. The quantitative estimate of drug-likeness (QED) is 0.717. The molecule has 0 fully saturated rings. The largest absolute Gasteiger partial charge is 0.484 e. The van der Waals surface area contributed by atoms with E-state index in [1.54, 1.807) is 6.20 Å². The number of benzene rings is 2. The van der Waals surface area contributed by atoms with E-state index in [1.165, 1.54) is 0 Å². The first-order valence-corrected chi connectivity index (χ1v) is 6.79. The zero-order valence-corrected chi connectivity index (χ0v) is 11.7. The lowest BCUT2D eigenvalue weighted by molar-refractivity contribution is 0.229. The number of hydrogen-bond donors (Lipinski definition) is 0. The van der Waals surface area contributed by atoms with Crippen molar-refractivity contribution in [1.82, 2.24) is 4.98 Å². The molecule has 0 saturated heterocycles. The first kappa shape index (κ1) is 13.1. The molecule has 0 amide bonds. The molecule has 0 N–H and O–H groups in total. The van der Waals surface area contributed by atoms with E-state index in [0.29, 0.717) is 11.3 Å². The van der Waals surface area contributed by atoms with Gasteiger partial charge in [0, 0.05) is 11.6 Å². The highest BCUT2D eigenvalue weighted by atomic mass is 16.5. The van der Waals surface area contributed by atoms with Crippen molar-refractivity contribution in [3.8, 4) is 11.8 Å². The molecule has 102 valence electrons. The van der Waals surface area contributed by atoms with Gasteiger partial charge >= 0.3 is 0 Å². The van der Waals surface area contributed by atoms with Crippen LogP contribution in [-0.4, -0.2) is 4.98 Å². The molecule has 3 heteroatoms. The van der Waals surface area contributed by atoms with E-state index < -0.39 is 0 Å². The molecule has 21 heavy (non-hydrogen) atoms. The second-order valence-electron chi connectivity index (χ2n) is 4.80. The molecule has 2 aromatic carbocycles. The standard InChI is InChI=1S/C18H14N2O/c1-13(14-7-3-2-4-8-14)21-18-15(11-19)12-20-17-10-6-5-9-16(17)18/h2-10,12-13H,1H3. The fourth-order valence-corrected chi connectivity index (χ4v) is 2.29. The average Bonchev–Trinajstić information content (AvgIpc) is 2.56. The lowest BCUT2D eigenvalue weighted by Crippen LogP contribution is -2.05. The first-order chi connectivity index (χ1) is 10.3. The average molecular weight is 274 g/mol.